The number of hydrogen-bond acceptors (Lipinski definition) is 3. The lowest BCUT2D eigenvalue weighted by atomic mass is 9.93. The van der Waals surface area contributed by atoms with Gasteiger partial charge in [-0.25, -0.2) is 0 Å². The molecule has 5 nitrogen and oxygen atoms in total. The van der Waals surface area contributed by atoms with E-state index in [1.165, 1.54) is 0 Å². The Morgan fingerprint density at radius 3 is 2.17 bits per heavy atom. The highest BCUT2D eigenvalue weighted by molar-refractivity contribution is 5.73. The molecule has 1 aromatic carbocycles. The van der Waals surface area contributed by atoms with Gasteiger partial charge in [0.15, 0.2) is 0 Å². The maximum atomic E-state index is 11.1. The number of carbonyl (C=O) groups is 2. The van der Waals surface area contributed by atoms with Gasteiger partial charge in [0.05, 0.1) is 5.92 Å². The van der Waals surface area contributed by atoms with Gasteiger partial charge < -0.3 is 15.9 Å². The summed E-state index contributed by atoms with van der Waals surface area (Å²) >= 11 is 0. The monoisotopic (exact) mass is 251 g/mol. The van der Waals surface area contributed by atoms with Crippen molar-refractivity contribution in [2.75, 3.05) is 0 Å². The molecule has 0 aliphatic rings. The van der Waals surface area contributed by atoms with E-state index < -0.39 is 23.9 Å². The lowest BCUT2D eigenvalue weighted by molar-refractivity contribution is -0.143. The van der Waals surface area contributed by atoms with Gasteiger partial charge in [0.2, 0.25) is 0 Å². The molecular formula is C13H17NO4. The van der Waals surface area contributed by atoms with Gasteiger partial charge in [-0.1, -0.05) is 30.3 Å². The molecule has 1 rings (SSSR count). The van der Waals surface area contributed by atoms with E-state index in [0.717, 1.165) is 5.56 Å². The molecular weight excluding hydrogens is 234 g/mol. The maximum Gasteiger partial charge on any atom is 0.320 e. The highest BCUT2D eigenvalue weighted by Gasteiger charge is 2.21. The molecule has 0 fully saturated rings. The molecule has 1 aromatic rings. The lowest BCUT2D eigenvalue weighted by Crippen LogP contribution is -2.31. The Balaban J connectivity index is 2.56. The summed E-state index contributed by atoms with van der Waals surface area (Å²) in [6, 6.07) is 8.26. The Kier molecular flexibility index (Phi) is 5.32. The van der Waals surface area contributed by atoms with Crippen molar-refractivity contribution in [3.05, 3.63) is 35.9 Å². The highest BCUT2D eigenvalue weighted by atomic mass is 16.4. The first-order valence-corrected chi connectivity index (χ1v) is 5.76. The number of benzene rings is 1. The van der Waals surface area contributed by atoms with E-state index in [-0.39, 0.29) is 12.8 Å². The van der Waals surface area contributed by atoms with Crippen LogP contribution in [0.2, 0.25) is 0 Å². The fraction of sp³-hybridized carbons (Fsp3) is 0.385. The summed E-state index contributed by atoms with van der Waals surface area (Å²) in [7, 11) is 0. The van der Waals surface area contributed by atoms with Crippen molar-refractivity contribution in [3.8, 4) is 0 Å². The van der Waals surface area contributed by atoms with Crippen LogP contribution in [0.15, 0.2) is 30.3 Å². The Bertz CT molecular complexity index is 405. The van der Waals surface area contributed by atoms with Gasteiger partial charge in [0.25, 0.3) is 0 Å². The molecule has 0 aliphatic heterocycles. The molecule has 5 heteroatoms. The van der Waals surface area contributed by atoms with Crippen molar-refractivity contribution in [1.29, 1.82) is 0 Å². The maximum absolute atomic E-state index is 11.1. The minimum atomic E-state index is -1.10. The molecule has 0 saturated heterocycles. The van der Waals surface area contributed by atoms with Gasteiger partial charge in [0, 0.05) is 0 Å². The SMILES string of the molecule is NC(CCC(Cc1ccccc1)C(=O)O)C(=O)O. The summed E-state index contributed by atoms with van der Waals surface area (Å²) in [6.07, 6.45) is 0.819. The second-order valence-corrected chi connectivity index (χ2v) is 4.25. The standard InChI is InChI=1S/C13H17NO4/c14-11(13(17)18)7-6-10(12(15)16)8-9-4-2-1-3-5-9/h1-5,10-11H,6-8,14H2,(H,15,16)(H,17,18). The first-order valence-electron chi connectivity index (χ1n) is 5.76. The average molecular weight is 251 g/mol. The molecule has 0 heterocycles. The zero-order valence-corrected chi connectivity index (χ0v) is 9.95. The Hall–Kier alpha value is -1.88. The van der Waals surface area contributed by atoms with Crippen LogP contribution in [0.5, 0.6) is 0 Å². The smallest absolute Gasteiger partial charge is 0.320 e. The van der Waals surface area contributed by atoms with E-state index in [4.69, 9.17) is 15.9 Å². The van der Waals surface area contributed by atoms with Crippen molar-refractivity contribution in [2.45, 2.75) is 25.3 Å². The summed E-state index contributed by atoms with van der Waals surface area (Å²) in [4.78, 5) is 21.7. The van der Waals surface area contributed by atoms with Gasteiger partial charge >= 0.3 is 11.9 Å². The van der Waals surface area contributed by atoms with Gasteiger partial charge in [-0.05, 0) is 24.8 Å². The van der Waals surface area contributed by atoms with Crippen LogP contribution in [0.1, 0.15) is 18.4 Å². The van der Waals surface area contributed by atoms with Gasteiger partial charge in [-0.3, -0.25) is 9.59 Å². The van der Waals surface area contributed by atoms with Crippen LogP contribution in [-0.2, 0) is 16.0 Å². The van der Waals surface area contributed by atoms with Gasteiger partial charge in [-0.2, -0.15) is 0 Å². The van der Waals surface area contributed by atoms with Crippen molar-refractivity contribution < 1.29 is 19.8 Å². The molecule has 0 bridgehead atoms. The third-order valence-electron chi connectivity index (χ3n) is 2.82. The number of nitrogens with two attached hydrogens (primary N) is 1. The van der Waals surface area contributed by atoms with Crippen LogP contribution in [0.25, 0.3) is 0 Å². The fourth-order valence-corrected chi connectivity index (χ4v) is 1.72. The van der Waals surface area contributed by atoms with Crippen LogP contribution in [0.3, 0.4) is 0 Å². The van der Waals surface area contributed by atoms with Crippen LogP contribution in [-0.4, -0.2) is 28.2 Å². The largest absolute Gasteiger partial charge is 0.481 e. The van der Waals surface area contributed by atoms with Gasteiger partial charge in [0.1, 0.15) is 6.04 Å². The van der Waals surface area contributed by atoms with E-state index in [0.29, 0.717) is 6.42 Å². The minimum absolute atomic E-state index is 0.166. The first-order chi connectivity index (χ1) is 8.50. The lowest BCUT2D eigenvalue weighted by Gasteiger charge is -2.13. The van der Waals surface area contributed by atoms with E-state index >= 15 is 0 Å². The Labute approximate surface area is 105 Å². The zero-order chi connectivity index (χ0) is 13.5. The molecule has 2 atom stereocenters. The summed E-state index contributed by atoms with van der Waals surface area (Å²) < 4.78 is 0. The molecule has 2 unspecified atom stereocenters. The predicted octanol–water partition coefficient (Wildman–Crippen LogP) is 1.12. The van der Waals surface area contributed by atoms with Crippen molar-refractivity contribution in [1.82, 2.24) is 0 Å². The molecule has 4 N–H and O–H groups in total. The predicted molar refractivity (Wildman–Crippen MR) is 66.1 cm³/mol. The molecule has 18 heavy (non-hydrogen) atoms. The molecule has 0 saturated carbocycles. The first kappa shape index (κ1) is 14.2. The summed E-state index contributed by atoms with van der Waals surface area (Å²) in [6.45, 7) is 0. The average Bonchev–Trinajstić information content (AvgIpc) is 2.34. The molecule has 0 radical (unpaired) electrons. The second kappa shape index (κ2) is 6.76. The van der Waals surface area contributed by atoms with Crippen molar-refractivity contribution in [3.63, 3.8) is 0 Å². The van der Waals surface area contributed by atoms with Crippen LogP contribution >= 0.6 is 0 Å². The third-order valence-corrected chi connectivity index (χ3v) is 2.82. The minimum Gasteiger partial charge on any atom is -0.481 e. The van der Waals surface area contributed by atoms with Crippen LogP contribution in [0, 0.1) is 5.92 Å². The van der Waals surface area contributed by atoms with Crippen LogP contribution in [0.4, 0.5) is 0 Å². The van der Waals surface area contributed by atoms with Gasteiger partial charge in [-0.15, -0.1) is 0 Å². The normalized spacial score (nSPS) is 13.8. The van der Waals surface area contributed by atoms with Crippen LogP contribution < -0.4 is 5.73 Å². The number of carboxylic acids is 2. The molecule has 98 valence electrons. The van der Waals surface area contributed by atoms with Crippen molar-refractivity contribution >= 4 is 11.9 Å². The van der Waals surface area contributed by atoms with E-state index in [1.807, 2.05) is 30.3 Å². The highest BCUT2D eigenvalue weighted by Crippen LogP contribution is 2.15. The number of rotatable bonds is 7. The number of aliphatic carboxylic acids is 2. The molecule has 0 aromatic heterocycles. The topological polar surface area (TPSA) is 101 Å². The van der Waals surface area contributed by atoms with Crippen molar-refractivity contribution in [2.24, 2.45) is 11.7 Å². The fourth-order valence-electron chi connectivity index (χ4n) is 1.72. The van der Waals surface area contributed by atoms with E-state index in [2.05, 4.69) is 0 Å². The Morgan fingerprint density at radius 2 is 1.67 bits per heavy atom. The molecule has 0 spiro atoms. The molecule has 0 amide bonds. The van der Waals surface area contributed by atoms with E-state index in [1.54, 1.807) is 0 Å². The summed E-state index contributed by atoms with van der Waals surface area (Å²) in [5.74, 6) is -2.62. The summed E-state index contributed by atoms with van der Waals surface area (Å²) in [5, 5.41) is 17.7. The second-order valence-electron chi connectivity index (χ2n) is 4.25. The molecule has 0 aliphatic carbocycles. The number of carboxylic acid groups (broad SMARTS) is 2. The van der Waals surface area contributed by atoms with E-state index in [9.17, 15) is 9.59 Å². The number of hydrogen-bond donors (Lipinski definition) is 3. The Morgan fingerprint density at radius 1 is 1.06 bits per heavy atom. The zero-order valence-electron chi connectivity index (χ0n) is 9.95. The third kappa shape index (κ3) is 4.55. The summed E-state index contributed by atoms with van der Waals surface area (Å²) in [5.41, 5.74) is 6.29. The quantitative estimate of drug-likeness (QED) is 0.674.